The van der Waals surface area contributed by atoms with Crippen LogP contribution in [0.1, 0.15) is 29.5 Å². The monoisotopic (exact) mass is 525 g/mol. The van der Waals surface area contributed by atoms with Crippen molar-refractivity contribution in [1.29, 1.82) is 0 Å². The predicted octanol–water partition coefficient (Wildman–Crippen LogP) is 6.20. The van der Waals surface area contributed by atoms with Crippen LogP contribution in [-0.4, -0.2) is 23.0 Å². The summed E-state index contributed by atoms with van der Waals surface area (Å²) in [5, 5.41) is 8.13. The first-order chi connectivity index (χ1) is 18.5. The van der Waals surface area contributed by atoms with Gasteiger partial charge in [0.05, 0.1) is 11.5 Å². The third-order valence-corrected chi connectivity index (χ3v) is 6.79. The fourth-order valence-electron chi connectivity index (χ4n) is 3.53. The molecule has 38 heavy (non-hydrogen) atoms. The molecule has 0 bridgehead atoms. The lowest BCUT2D eigenvalue weighted by atomic mass is 10.2. The van der Waals surface area contributed by atoms with E-state index in [0.29, 0.717) is 23.4 Å². The molecular weight excluding hydrogens is 498 g/mol. The highest BCUT2D eigenvalue weighted by Gasteiger charge is 2.19. The lowest BCUT2D eigenvalue weighted by Gasteiger charge is -2.16. The number of carbonyl (C=O) groups is 3. The Kier molecular flexibility index (Phi) is 9.15. The van der Waals surface area contributed by atoms with Crippen molar-refractivity contribution in [2.24, 2.45) is 0 Å². The number of amides is 3. The molecule has 0 saturated heterocycles. The molecule has 7 nitrogen and oxygen atoms in total. The number of carbonyl (C=O) groups excluding carboxylic acids is 3. The standard InChI is InChI=1S/C30H27N3O4S/c1-2-27(30(36)31-22-13-7-4-8-14-22)38-25-17-9-15-23(19-25)32-29(35)26(20-24-16-10-18-37-24)33-28(34)21-11-5-3-6-12-21/h3-20,27H,2H2,1H3,(H,31,36)(H,32,35)(H,33,34)/b26-20-. The van der Waals surface area contributed by atoms with Crippen molar-refractivity contribution < 1.29 is 18.8 Å². The van der Waals surface area contributed by atoms with Crippen molar-refractivity contribution in [3.8, 4) is 0 Å². The van der Waals surface area contributed by atoms with E-state index in [2.05, 4.69) is 16.0 Å². The molecule has 4 aromatic rings. The van der Waals surface area contributed by atoms with Gasteiger partial charge in [0.2, 0.25) is 5.91 Å². The van der Waals surface area contributed by atoms with Gasteiger partial charge in [-0.2, -0.15) is 0 Å². The van der Waals surface area contributed by atoms with E-state index in [4.69, 9.17) is 4.42 Å². The van der Waals surface area contributed by atoms with E-state index in [1.165, 1.54) is 24.1 Å². The van der Waals surface area contributed by atoms with Gasteiger partial charge in [-0.1, -0.05) is 49.4 Å². The highest BCUT2D eigenvalue weighted by Crippen LogP contribution is 2.28. The van der Waals surface area contributed by atoms with Crippen LogP contribution < -0.4 is 16.0 Å². The van der Waals surface area contributed by atoms with E-state index in [-0.39, 0.29) is 16.9 Å². The number of benzene rings is 3. The third kappa shape index (κ3) is 7.47. The molecule has 3 N–H and O–H groups in total. The van der Waals surface area contributed by atoms with Crippen molar-refractivity contribution in [2.45, 2.75) is 23.5 Å². The smallest absolute Gasteiger partial charge is 0.272 e. The Hall–Kier alpha value is -4.56. The minimum atomic E-state index is -0.512. The van der Waals surface area contributed by atoms with Crippen LogP contribution in [0.15, 0.2) is 118 Å². The van der Waals surface area contributed by atoms with Crippen LogP contribution in [0.25, 0.3) is 6.08 Å². The molecule has 0 spiro atoms. The van der Waals surface area contributed by atoms with E-state index in [9.17, 15) is 14.4 Å². The summed E-state index contributed by atoms with van der Waals surface area (Å²) in [7, 11) is 0. The summed E-state index contributed by atoms with van der Waals surface area (Å²) in [6.45, 7) is 1.95. The molecule has 4 rings (SSSR count). The van der Waals surface area contributed by atoms with Crippen molar-refractivity contribution in [3.63, 3.8) is 0 Å². The molecule has 0 aliphatic rings. The molecule has 1 atom stereocenters. The number of para-hydroxylation sites is 1. The Morgan fingerprint density at radius 3 is 2.24 bits per heavy atom. The van der Waals surface area contributed by atoms with Gasteiger partial charge >= 0.3 is 0 Å². The number of rotatable bonds is 10. The first kappa shape index (κ1) is 26.5. The largest absolute Gasteiger partial charge is 0.465 e. The molecule has 1 aromatic heterocycles. The molecular formula is C30H27N3O4S. The maximum Gasteiger partial charge on any atom is 0.272 e. The topological polar surface area (TPSA) is 100 Å². The minimum Gasteiger partial charge on any atom is -0.465 e. The first-order valence-electron chi connectivity index (χ1n) is 12.1. The molecule has 0 aliphatic carbocycles. The summed E-state index contributed by atoms with van der Waals surface area (Å²) in [6, 6.07) is 28.6. The zero-order valence-electron chi connectivity index (χ0n) is 20.7. The summed E-state index contributed by atoms with van der Waals surface area (Å²) in [5.41, 5.74) is 1.72. The summed E-state index contributed by atoms with van der Waals surface area (Å²) in [6.07, 6.45) is 3.58. The van der Waals surface area contributed by atoms with Crippen molar-refractivity contribution in [2.75, 3.05) is 10.6 Å². The third-order valence-electron chi connectivity index (χ3n) is 5.43. The van der Waals surface area contributed by atoms with Gasteiger partial charge in [0.1, 0.15) is 11.5 Å². The lowest BCUT2D eigenvalue weighted by Crippen LogP contribution is -2.30. The number of anilines is 2. The van der Waals surface area contributed by atoms with E-state index < -0.39 is 11.8 Å². The van der Waals surface area contributed by atoms with E-state index in [1.54, 1.807) is 54.6 Å². The van der Waals surface area contributed by atoms with Crippen LogP contribution in [0, 0.1) is 0 Å². The minimum absolute atomic E-state index is 0.0283. The van der Waals surface area contributed by atoms with E-state index in [1.807, 2.05) is 49.4 Å². The van der Waals surface area contributed by atoms with Gasteiger partial charge < -0.3 is 20.4 Å². The maximum atomic E-state index is 13.2. The number of nitrogens with one attached hydrogen (secondary N) is 3. The average Bonchev–Trinajstić information content (AvgIpc) is 3.46. The summed E-state index contributed by atoms with van der Waals surface area (Å²) >= 11 is 1.41. The van der Waals surface area contributed by atoms with Gasteiger partial charge in [-0.15, -0.1) is 11.8 Å². The second-order valence-corrected chi connectivity index (χ2v) is 9.52. The number of hydrogen-bond acceptors (Lipinski definition) is 5. The predicted molar refractivity (Wildman–Crippen MR) is 151 cm³/mol. The second kappa shape index (κ2) is 13.1. The number of hydrogen-bond donors (Lipinski definition) is 3. The number of thioether (sulfide) groups is 1. The van der Waals surface area contributed by atoms with Crippen molar-refractivity contribution in [1.82, 2.24) is 5.32 Å². The van der Waals surface area contributed by atoms with E-state index >= 15 is 0 Å². The van der Waals surface area contributed by atoms with Gasteiger partial charge in [-0.3, -0.25) is 14.4 Å². The fraction of sp³-hybridized carbons (Fsp3) is 0.100. The summed E-state index contributed by atoms with van der Waals surface area (Å²) < 4.78 is 5.34. The lowest BCUT2D eigenvalue weighted by molar-refractivity contribution is -0.116. The van der Waals surface area contributed by atoms with Crippen molar-refractivity contribution in [3.05, 3.63) is 120 Å². The Bertz CT molecular complexity index is 1400. The molecule has 8 heteroatoms. The maximum absolute atomic E-state index is 13.2. The molecule has 0 fully saturated rings. The van der Waals surface area contributed by atoms with Gasteiger partial charge in [0.25, 0.3) is 11.8 Å². The summed E-state index contributed by atoms with van der Waals surface area (Å²) in [4.78, 5) is 39.6. The van der Waals surface area contributed by atoms with Gasteiger partial charge in [-0.05, 0) is 61.0 Å². The molecule has 192 valence electrons. The van der Waals surface area contributed by atoms with Crippen LogP contribution in [-0.2, 0) is 9.59 Å². The first-order valence-corrected chi connectivity index (χ1v) is 13.0. The van der Waals surface area contributed by atoms with Crippen LogP contribution in [0.2, 0.25) is 0 Å². The molecule has 0 saturated carbocycles. The summed E-state index contributed by atoms with van der Waals surface area (Å²) in [5.74, 6) is -0.603. The number of furan rings is 1. The zero-order valence-corrected chi connectivity index (χ0v) is 21.5. The van der Waals surface area contributed by atoms with Gasteiger partial charge in [0.15, 0.2) is 0 Å². The Morgan fingerprint density at radius 1 is 0.842 bits per heavy atom. The fourth-order valence-corrected chi connectivity index (χ4v) is 4.55. The zero-order chi connectivity index (χ0) is 26.7. The Labute approximate surface area is 225 Å². The van der Waals surface area contributed by atoms with Crippen LogP contribution in [0.5, 0.6) is 0 Å². The van der Waals surface area contributed by atoms with Crippen LogP contribution in [0.4, 0.5) is 11.4 Å². The van der Waals surface area contributed by atoms with Crippen LogP contribution >= 0.6 is 11.8 Å². The SMILES string of the molecule is CCC(Sc1cccc(NC(=O)/C(=C/c2ccco2)NC(=O)c2ccccc2)c1)C(=O)Nc1ccccc1. The highest BCUT2D eigenvalue weighted by atomic mass is 32.2. The normalized spacial score (nSPS) is 11.9. The molecule has 1 heterocycles. The quantitative estimate of drug-likeness (QED) is 0.169. The molecule has 0 aliphatic heterocycles. The Balaban J connectivity index is 1.46. The van der Waals surface area contributed by atoms with Crippen LogP contribution in [0.3, 0.4) is 0 Å². The highest BCUT2D eigenvalue weighted by molar-refractivity contribution is 8.00. The van der Waals surface area contributed by atoms with Gasteiger partial charge in [-0.25, -0.2) is 0 Å². The Morgan fingerprint density at radius 2 is 1.55 bits per heavy atom. The average molecular weight is 526 g/mol. The van der Waals surface area contributed by atoms with Crippen molar-refractivity contribution >= 4 is 46.9 Å². The molecule has 3 aromatic carbocycles. The van der Waals surface area contributed by atoms with E-state index in [0.717, 1.165) is 10.6 Å². The van der Waals surface area contributed by atoms with Gasteiger partial charge in [0, 0.05) is 27.9 Å². The molecule has 1 unspecified atom stereocenters. The second-order valence-electron chi connectivity index (χ2n) is 8.25. The molecule has 3 amide bonds. The molecule has 0 radical (unpaired) electrons.